The van der Waals surface area contributed by atoms with Gasteiger partial charge in [-0.3, -0.25) is 0 Å². The highest BCUT2D eigenvalue weighted by atomic mass is 14.9. The van der Waals surface area contributed by atoms with Crippen molar-refractivity contribution in [2.75, 3.05) is 0 Å². The van der Waals surface area contributed by atoms with E-state index in [2.05, 4.69) is 231 Å². The van der Waals surface area contributed by atoms with Crippen LogP contribution in [0.5, 0.6) is 0 Å². The zero-order valence-electron chi connectivity index (χ0n) is 34.5. The Morgan fingerprint density at radius 3 is 1.33 bits per heavy atom. The molecule has 1 aliphatic carbocycles. The zero-order valence-corrected chi connectivity index (χ0v) is 34.5. The van der Waals surface area contributed by atoms with Crippen LogP contribution in [0.4, 0.5) is 0 Å². The average Bonchev–Trinajstić information content (AvgIpc) is 3.65. The maximum Gasteiger partial charge on any atom is 0.161 e. The fourth-order valence-corrected chi connectivity index (χ4v) is 10.0. The van der Waals surface area contributed by atoms with Gasteiger partial charge >= 0.3 is 0 Å². The first-order valence-electron chi connectivity index (χ1n) is 21.6. The predicted molar refractivity (Wildman–Crippen MR) is 262 cm³/mol. The van der Waals surface area contributed by atoms with Crippen LogP contribution in [0.1, 0.15) is 22.3 Å². The van der Waals surface area contributed by atoms with E-state index in [9.17, 15) is 0 Å². The number of nitrogens with zero attached hydrogens (tertiary/aromatic N) is 2. The molecule has 0 aliphatic heterocycles. The first-order chi connectivity index (χ1) is 31.2. The Bertz CT molecular complexity index is 3370. The van der Waals surface area contributed by atoms with E-state index in [1.54, 1.807) is 0 Å². The summed E-state index contributed by atoms with van der Waals surface area (Å²) in [6.07, 6.45) is 0. The minimum Gasteiger partial charge on any atom is -0.228 e. The van der Waals surface area contributed by atoms with Crippen molar-refractivity contribution in [2.45, 2.75) is 5.41 Å². The molecule has 0 spiro atoms. The minimum absolute atomic E-state index is 0.455. The quantitative estimate of drug-likeness (QED) is 0.160. The van der Waals surface area contributed by atoms with Crippen LogP contribution in [0.2, 0.25) is 0 Å². The molecule has 0 saturated heterocycles. The third-order valence-corrected chi connectivity index (χ3v) is 13.0. The van der Waals surface area contributed by atoms with Gasteiger partial charge in [-0.05, 0) is 108 Å². The number of benzene rings is 10. The zero-order chi connectivity index (χ0) is 41.7. The third-order valence-electron chi connectivity index (χ3n) is 13.0. The number of aromatic nitrogens is 2. The molecule has 12 rings (SSSR count). The molecular formula is C61H40N2. The molecule has 2 nitrogen and oxygen atoms in total. The van der Waals surface area contributed by atoms with Gasteiger partial charge in [-0.15, -0.1) is 0 Å². The van der Waals surface area contributed by atoms with Crippen molar-refractivity contribution in [2.24, 2.45) is 0 Å². The summed E-state index contributed by atoms with van der Waals surface area (Å²) in [7, 11) is 0. The van der Waals surface area contributed by atoms with Gasteiger partial charge in [0.1, 0.15) is 0 Å². The molecule has 1 aromatic heterocycles. The Hall–Kier alpha value is -8.20. The standard InChI is InChI=1S/C61H40N2/c1-5-17-43(18-6-1)58-40-59(44-19-7-2-8-20-44)63-60(62-58)53-35-34-50(51-27-15-16-28-52(51)53)42-31-29-41(30-32-42)47-33-36-56-54(38-47)55-37-45-21-13-14-22-46(45)39-57(55)61(56,48-23-9-3-10-24-48)49-25-11-4-12-26-49/h1-40H. The molecule has 0 amide bonds. The third kappa shape index (κ3) is 6.10. The van der Waals surface area contributed by atoms with Gasteiger partial charge in [0.05, 0.1) is 16.8 Å². The molecule has 10 aromatic carbocycles. The Balaban J connectivity index is 0.962. The summed E-state index contributed by atoms with van der Waals surface area (Å²) in [6, 6.07) is 87.8. The van der Waals surface area contributed by atoms with Gasteiger partial charge in [0.15, 0.2) is 5.82 Å². The number of hydrogen-bond donors (Lipinski definition) is 0. The van der Waals surface area contributed by atoms with Crippen LogP contribution in [-0.2, 0) is 5.41 Å². The van der Waals surface area contributed by atoms with Crippen LogP contribution in [-0.4, -0.2) is 9.97 Å². The highest BCUT2D eigenvalue weighted by Gasteiger charge is 2.46. The highest BCUT2D eigenvalue weighted by Crippen LogP contribution is 2.57. The average molecular weight is 801 g/mol. The fraction of sp³-hybridized carbons (Fsp3) is 0.0164. The molecule has 294 valence electrons. The number of rotatable bonds is 7. The van der Waals surface area contributed by atoms with Gasteiger partial charge in [-0.2, -0.15) is 0 Å². The lowest BCUT2D eigenvalue weighted by Gasteiger charge is -2.34. The van der Waals surface area contributed by atoms with Crippen LogP contribution in [0.15, 0.2) is 243 Å². The fourth-order valence-electron chi connectivity index (χ4n) is 10.0. The monoisotopic (exact) mass is 800 g/mol. The van der Waals surface area contributed by atoms with Crippen molar-refractivity contribution < 1.29 is 0 Å². The molecule has 1 heterocycles. The normalized spacial score (nSPS) is 12.6. The van der Waals surface area contributed by atoms with Gasteiger partial charge in [0.25, 0.3) is 0 Å². The largest absolute Gasteiger partial charge is 0.228 e. The smallest absolute Gasteiger partial charge is 0.161 e. The summed E-state index contributed by atoms with van der Waals surface area (Å²) in [5, 5.41) is 4.78. The van der Waals surface area contributed by atoms with Gasteiger partial charge < -0.3 is 0 Å². The van der Waals surface area contributed by atoms with Crippen LogP contribution in [0.25, 0.3) is 88.8 Å². The predicted octanol–water partition coefficient (Wildman–Crippen LogP) is 15.5. The molecular weight excluding hydrogens is 761 g/mol. The van der Waals surface area contributed by atoms with E-state index >= 15 is 0 Å². The lowest BCUT2D eigenvalue weighted by molar-refractivity contribution is 0.769. The lowest BCUT2D eigenvalue weighted by atomic mass is 9.67. The SMILES string of the molecule is c1ccc(-c2cc(-c3ccccc3)nc(-c3ccc(-c4ccc(-c5ccc6c(c5)-c5cc7ccccc7cc5C6(c5ccccc5)c5ccccc5)cc4)c4ccccc34)n2)cc1. The van der Waals surface area contributed by atoms with E-state index in [0.29, 0.717) is 5.82 Å². The Morgan fingerprint density at radius 1 is 0.270 bits per heavy atom. The van der Waals surface area contributed by atoms with Crippen molar-refractivity contribution in [1.82, 2.24) is 9.97 Å². The van der Waals surface area contributed by atoms with E-state index < -0.39 is 5.41 Å². The number of hydrogen-bond acceptors (Lipinski definition) is 2. The maximum atomic E-state index is 5.18. The van der Waals surface area contributed by atoms with E-state index in [-0.39, 0.29) is 0 Å². The second-order valence-corrected chi connectivity index (χ2v) is 16.5. The van der Waals surface area contributed by atoms with Crippen molar-refractivity contribution in [3.05, 3.63) is 265 Å². The topological polar surface area (TPSA) is 25.8 Å². The summed E-state index contributed by atoms with van der Waals surface area (Å²) < 4.78 is 0. The van der Waals surface area contributed by atoms with Crippen molar-refractivity contribution >= 4 is 21.5 Å². The van der Waals surface area contributed by atoms with Gasteiger partial charge in [-0.25, -0.2) is 9.97 Å². The molecule has 0 radical (unpaired) electrons. The van der Waals surface area contributed by atoms with E-state index in [1.165, 1.54) is 60.8 Å². The van der Waals surface area contributed by atoms with Crippen LogP contribution in [0.3, 0.4) is 0 Å². The van der Waals surface area contributed by atoms with Crippen LogP contribution in [0, 0.1) is 0 Å². The van der Waals surface area contributed by atoms with Crippen molar-refractivity contribution in [3.63, 3.8) is 0 Å². The molecule has 0 unspecified atom stereocenters. The first-order valence-corrected chi connectivity index (χ1v) is 21.6. The molecule has 0 saturated carbocycles. The van der Waals surface area contributed by atoms with Crippen molar-refractivity contribution in [3.8, 4) is 67.3 Å². The summed E-state index contributed by atoms with van der Waals surface area (Å²) >= 11 is 0. The van der Waals surface area contributed by atoms with Crippen LogP contribution < -0.4 is 0 Å². The lowest BCUT2D eigenvalue weighted by Crippen LogP contribution is -2.28. The Morgan fingerprint density at radius 2 is 0.730 bits per heavy atom. The second-order valence-electron chi connectivity index (χ2n) is 16.5. The molecule has 0 fully saturated rings. The summed E-state index contributed by atoms with van der Waals surface area (Å²) in [4.78, 5) is 10.4. The summed E-state index contributed by atoms with van der Waals surface area (Å²) in [5.41, 5.74) is 16.9. The number of fused-ring (bicyclic) bond motifs is 5. The van der Waals surface area contributed by atoms with Crippen molar-refractivity contribution in [1.29, 1.82) is 0 Å². The molecule has 2 heteroatoms. The molecule has 0 N–H and O–H groups in total. The Kier molecular flexibility index (Phi) is 8.76. The van der Waals surface area contributed by atoms with E-state index in [0.717, 1.165) is 44.4 Å². The highest BCUT2D eigenvalue weighted by molar-refractivity contribution is 6.04. The Labute approximate surface area is 367 Å². The maximum absolute atomic E-state index is 5.18. The molecule has 63 heavy (non-hydrogen) atoms. The summed E-state index contributed by atoms with van der Waals surface area (Å²) in [5.74, 6) is 0.711. The van der Waals surface area contributed by atoms with Gasteiger partial charge in [0.2, 0.25) is 0 Å². The molecule has 1 aliphatic rings. The van der Waals surface area contributed by atoms with Crippen LogP contribution >= 0.6 is 0 Å². The molecule has 0 atom stereocenters. The minimum atomic E-state index is -0.455. The van der Waals surface area contributed by atoms with E-state index in [4.69, 9.17) is 9.97 Å². The first kappa shape index (κ1) is 36.6. The van der Waals surface area contributed by atoms with Gasteiger partial charge in [0, 0.05) is 16.7 Å². The summed E-state index contributed by atoms with van der Waals surface area (Å²) in [6.45, 7) is 0. The molecule has 0 bridgehead atoms. The molecule has 11 aromatic rings. The second kappa shape index (κ2) is 15.1. The van der Waals surface area contributed by atoms with E-state index in [1.807, 2.05) is 12.1 Å². The van der Waals surface area contributed by atoms with Gasteiger partial charge in [-0.1, -0.05) is 212 Å².